The van der Waals surface area contributed by atoms with Crippen LogP contribution in [0.4, 0.5) is 0 Å². The molecule has 0 aliphatic heterocycles. The SMILES string of the molecule is COCCCN(Cc1nc(C(=O)OC)co1)C(=O)C1CCCC1. The lowest BCUT2D eigenvalue weighted by molar-refractivity contribution is -0.136. The first-order chi connectivity index (χ1) is 11.2. The third kappa shape index (κ3) is 4.79. The first-order valence-corrected chi connectivity index (χ1v) is 7.96. The maximum atomic E-state index is 12.7. The summed E-state index contributed by atoms with van der Waals surface area (Å²) in [5.41, 5.74) is 0.118. The van der Waals surface area contributed by atoms with Crippen molar-refractivity contribution >= 4 is 11.9 Å². The van der Waals surface area contributed by atoms with Crippen LogP contribution in [-0.4, -0.2) is 49.1 Å². The minimum Gasteiger partial charge on any atom is -0.464 e. The van der Waals surface area contributed by atoms with Gasteiger partial charge in [0, 0.05) is 26.2 Å². The van der Waals surface area contributed by atoms with Crippen LogP contribution in [0.5, 0.6) is 0 Å². The second kappa shape index (κ2) is 8.67. The Morgan fingerprint density at radius 2 is 2.09 bits per heavy atom. The minimum atomic E-state index is -0.548. The fourth-order valence-corrected chi connectivity index (χ4v) is 2.84. The standard InChI is InChI=1S/C16H24N2O5/c1-21-9-5-8-18(15(19)12-6-3-4-7-12)10-14-17-13(11-23-14)16(20)22-2/h11-12H,3-10H2,1-2H3. The predicted molar refractivity (Wildman–Crippen MR) is 81.7 cm³/mol. The van der Waals surface area contributed by atoms with Crippen LogP contribution in [0.15, 0.2) is 10.7 Å². The molecule has 23 heavy (non-hydrogen) atoms. The van der Waals surface area contributed by atoms with Gasteiger partial charge in [0.25, 0.3) is 0 Å². The van der Waals surface area contributed by atoms with E-state index in [0.717, 1.165) is 32.1 Å². The van der Waals surface area contributed by atoms with Gasteiger partial charge in [-0.25, -0.2) is 9.78 Å². The van der Waals surface area contributed by atoms with E-state index in [9.17, 15) is 9.59 Å². The number of nitrogens with zero attached hydrogens (tertiary/aromatic N) is 2. The number of ether oxygens (including phenoxy) is 2. The van der Waals surface area contributed by atoms with Gasteiger partial charge >= 0.3 is 5.97 Å². The van der Waals surface area contributed by atoms with E-state index < -0.39 is 5.97 Å². The van der Waals surface area contributed by atoms with Crippen LogP contribution in [0.2, 0.25) is 0 Å². The number of methoxy groups -OCH3 is 2. The van der Waals surface area contributed by atoms with Gasteiger partial charge in [-0.05, 0) is 19.3 Å². The van der Waals surface area contributed by atoms with Gasteiger partial charge in [0.15, 0.2) is 5.69 Å². The van der Waals surface area contributed by atoms with Gasteiger partial charge in [-0.15, -0.1) is 0 Å². The topological polar surface area (TPSA) is 81.9 Å². The lowest BCUT2D eigenvalue weighted by Crippen LogP contribution is -2.36. The van der Waals surface area contributed by atoms with Crippen molar-refractivity contribution in [2.45, 2.75) is 38.6 Å². The van der Waals surface area contributed by atoms with Crippen LogP contribution in [0.3, 0.4) is 0 Å². The van der Waals surface area contributed by atoms with Crippen molar-refractivity contribution in [2.75, 3.05) is 27.4 Å². The molecule has 0 bridgehead atoms. The van der Waals surface area contributed by atoms with E-state index in [1.165, 1.54) is 13.4 Å². The summed E-state index contributed by atoms with van der Waals surface area (Å²) in [5.74, 6) is 0.0196. The molecule has 0 atom stereocenters. The molecule has 1 fully saturated rings. The molecule has 1 aliphatic rings. The number of aromatic nitrogens is 1. The summed E-state index contributed by atoms with van der Waals surface area (Å²) in [5, 5.41) is 0. The molecule has 1 heterocycles. The van der Waals surface area contributed by atoms with Crippen molar-refractivity contribution in [2.24, 2.45) is 5.92 Å². The molecule has 0 N–H and O–H groups in total. The quantitative estimate of drug-likeness (QED) is 0.537. The summed E-state index contributed by atoms with van der Waals surface area (Å²) in [6.45, 7) is 1.43. The normalized spacial score (nSPS) is 14.9. The van der Waals surface area contributed by atoms with Crippen LogP contribution in [0, 0.1) is 5.92 Å². The van der Waals surface area contributed by atoms with Gasteiger partial charge in [-0.3, -0.25) is 4.79 Å². The first-order valence-electron chi connectivity index (χ1n) is 7.96. The second-order valence-corrected chi connectivity index (χ2v) is 5.71. The third-order valence-corrected chi connectivity index (χ3v) is 4.06. The molecular formula is C16H24N2O5. The third-order valence-electron chi connectivity index (χ3n) is 4.06. The molecule has 0 spiro atoms. The van der Waals surface area contributed by atoms with Crippen LogP contribution < -0.4 is 0 Å². The zero-order valence-corrected chi connectivity index (χ0v) is 13.7. The lowest BCUT2D eigenvalue weighted by Gasteiger charge is -2.24. The van der Waals surface area contributed by atoms with Crippen LogP contribution in [0.1, 0.15) is 48.5 Å². The van der Waals surface area contributed by atoms with Crippen LogP contribution in [0.25, 0.3) is 0 Å². The van der Waals surface area contributed by atoms with Crippen LogP contribution >= 0.6 is 0 Å². The molecule has 2 rings (SSSR count). The van der Waals surface area contributed by atoms with E-state index in [0.29, 0.717) is 19.0 Å². The summed E-state index contributed by atoms with van der Waals surface area (Å²) in [6, 6.07) is 0. The van der Waals surface area contributed by atoms with Gasteiger partial charge in [-0.1, -0.05) is 12.8 Å². The van der Waals surface area contributed by atoms with Crippen molar-refractivity contribution < 1.29 is 23.5 Å². The van der Waals surface area contributed by atoms with Crippen molar-refractivity contribution in [3.05, 3.63) is 17.8 Å². The Kier molecular flexibility index (Phi) is 6.58. The summed E-state index contributed by atoms with van der Waals surface area (Å²) >= 11 is 0. The summed E-state index contributed by atoms with van der Waals surface area (Å²) < 4.78 is 15.0. The highest BCUT2D eigenvalue weighted by atomic mass is 16.5. The smallest absolute Gasteiger partial charge is 0.360 e. The highest BCUT2D eigenvalue weighted by Crippen LogP contribution is 2.27. The molecule has 1 aromatic heterocycles. The monoisotopic (exact) mass is 324 g/mol. The van der Waals surface area contributed by atoms with Gasteiger partial charge in [0.2, 0.25) is 11.8 Å². The molecule has 0 saturated heterocycles. The van der Waals surface area contributed by atoms with E-state index in [2.05, 4.69) is 9.72 Å². The van der Waals surface area contributed by atoms with E-state index in [-0.39, 0.29) is 24.1 Å². The molecule has 1 aromatic rings. The number of carbonyl (C=O) groups excluding carboxylic acids is 2. The average molecular weight is 324 g/mol. The molecule has 1 amide bonds. The highest BCUT2D eigenvalue weighted by Gasteiger charge is 2.28. The van der Waals surface area contributed by atoms with Crippen molar-refractivity contribution in [3.8, 4) is 0 Å². The van der Waals surface area contributed by atoms with Crippen molar-refractivity contribution in [1.82, 2.24) is 9.88 Å². The molecule has 7 heteroatoms. The Hall–Kier alpha value is -1.89. The minimum absolute atomic E-state index is 0.0904. The fourth-order valence-electron chi connectivity index (χ4n) is 2.84. The van der Waals surface area contributed by atoms with Crippen LogP contribution in [-0.2, 0) is 20.8 Å². The summed E-state index contributed by atoms with van der Waals surface area (Å²) in [4.78, 5) is 29.9. The zero-order valence-electron chi connectivity index (χ0n) is 13.7. The average Bonchev–Trinajstić information content (AvgIpc) is 3.24. The number of esters is 1. The zero-order chi connectivity index (χ0) is 16.7. The number of rotatable bonds is 8. The van der Waals surface area contributed by atoms with Crippen molar-refractivity contribution in [1.29, 1.82) is 0 Å². The van der Waals surface area contributed by atoms with Gasteiger partial charge in [0.1, 0.15) is 6.26 Å². The fraction of sp³-hybridized carbons (Fsp3) is 0.688. The van der Waals surface area contributed by atoms with E-state index >= 15 is 0 Å². The first kappa shape index (κ1) is 17.5. The largest absolute Gasteiger partial charge is 0.464 e. The van der Waals surface area contributed by atoms with E-state index in [1.54, 1.807) is 12.0 Å². The number of hydrogen-bond acceptors (Lipinski definition) is 6. The molecule has 128 valence electrons. The molecular weight excluding hydrogens is 300 g/mol. The Morgan fingerprint density at radius 1 is 1.35 bits per heavy atom. The molecule has 0 unspecified atom stereocenters. The second-order valence-electron chi connectivity index (χ2n) is 5.71. The predicted octanol–water partition coefficient (Wildman–Crippen LogP) is 2.02. The molecule has 0 aromatic carbocycles. The van der Waals surface area contributed by atoms with E-state index in [1.807, 2.05) is 0 Å². The molecule has 7 nitrogen and oxygen atoms in total. The maximum absolute atomic E-state index is 12.7. The number of oxazole rings is 1. The lowest BCUT2D eigenvalue weighted by atomic mass is 10.1. The highest BCUT2D eigenvalue weighted by molar-refractivity contribution is 5.86. The maximum Gasteiger partial charge on any atom is 0.360 e. The Labute approximate surface area is 135 Å². The Morgan fingerprint density at radius 3 is 2.74 bits per heavy atom. The van der Waals surface area contributed by atoms with Crippen molar-refractivity contribution in [3.63, 3.8) is 0 Å². The number of amides is 1. The number of carbonyl (C=O) groups is 2. The molecule has 1 saturated carbocycles. The number of hydrogen-bond donors (Lipinski definition) is 0. The molecule has 1 aliphatic carbocycles. The Balaban J connectivity index is 2.02. The molecule has 0 radical (unpaired) electrons. The van der Waals surface area contributed by atoms with Gasteiger partial charge in [0.05, 0.1) is 13.7 Å². The van der Waals surface area contributed by atoms with E-state index in [4.69, 9.17) is 9.15 Å². The summed E-state index contributed by atoms with van der Waals surface area (Å²) in [6.07, 6.45) is 6.10. The Bertz CT molecular complexity index is 522. The van der Waals surface area contributed by atoms with Gasteiger partial charge in [-0.2, -0.15) is 0 Å². The van der Waals surface area contributed by atoms with Gasteiger partial charge < -0.3 is 18.8 Å². The summed E-state index contributed by atoms with van der Waals surface area (Å²) in [7, 11) is 2.93.